The number of ether oxygens (including phenoxy) is 1. The van der Waals surface area contributed by atoms with E-state index in [1.54, 1.807) is 0 Å². The van der Waals surface area contributed by atoms with E-state index in [1.165, 1.54) is 6.07 Å². The Morgan fingerprint density at radius 1 is 1.43 bits per heavy atom. The Labute approximate surface area is 122 Å². The lowest BCUT2D eigenvalue weighted by atomic mass is 10.1. The lowest BCUT2D eigenvalue weighted by molar-refractivity contribution is 0.271. The van der Waals surface area contributed by atoms with E-state index < -0.39 is 5.56 Å². The molecule has 1 aromatic carbocycles. The van der Waals surface area contributed by atoms with Crippen LogP contribution in [0, 0.1) is 11.3 Å². The first kappa shape index (κ1) is 14.8. The highest BCUT2D eigenvalue weighted by atomic mass is 16.5. The summed E-state index contributed by atoms with van der Waals surface area (Å²) in [4.78, 5) is 11.5. The standard InChI is InChI=1S/C15H18N4O2/c1-9(2)8-21-11-5-3-4-10(6-11)13-7-12(14(16)17)15(20)19-18-13/h3-7,9H,8H2,1-2H3,(H3,16,17)(H,19,20). The van der Waals surface area contributed by atoms with Gasteiger partial charge in [-0.2, -0.15) is 5.10 Å². The molecular weight excluding hydrogens is 268 g/mol. The number of aromatic amines is 1. The summed E-state index contributed by atoms with van der Waals surface area (Å²) in [6.45, 7) is 4.78. The molecule has 0 radical (unpaired) electrons. The van der Waals surface area contributed by atoms with Crippen LogP contribution >= 0.6 is 0 Å². The number of H-pyrrole nitrogens is 1. The highest BCUT2D eigenvalue weighted by Gasteiger charge is 2.08. The van der Waals surface area contributed by atoms with E-state index in [0.717, 1.165) is 11.3 Å². The van der Waals surface area contributed by atoms with Gasteiger partial charge >= 0.3 is 0 Å². The fourth-order valence-electron chi connectivity index (χ4n) is 1.76. The summed E-state index contributed by atoms with van der Waals surface area (Å²) >= 11 is 0. The van der Waals surface area contributed by atoms with Crippen LogP contribution in [0.5, 0.6) is 5.75 Å². The average molecular weight is 286 g/mol. The van der Waals surface area contributed by atoms with Crippen molar-refractivity contribution in [1.82, 2.24) is 10.2 Å². The van der Waals surface area contributed by atoms with Gasteiger partial charge in [0.05, 0.1) is 17.9 Å². The Kier molecular flexibility index (Phi) is 4.37. The summed E-state index contributed by atoms with van der Waals surface area (Å²) < 4.78 is 5.66. The number of nitrogens with zero attached hydrogens (tertiary/aromatic N) is 1. The molecule has 0 spiro atoms. The molecule has 4 N–H and O–H groups in total. The number of rotatable bonds is 5. The first-order chi connectivity index (χ1) is 9.97. The molecule has 0 aliphatic heterocycles. The maximum Gasteiger partial charge on any atom is 0.275 e. The summed E-state index contributed by atoms with van der Waals surface area (Å²) in [6.07, 6.45) is 0. The molecule has 110 valence electrons. The quantitative estimate of drug-likeness (QED) is 0.575. The normalized spacial score (nSPS) is 10.6. The third kappa shape index (κ3) is 3.68. The minimum absolute atomic E-state index is 0.105. The van der Waals surface area contributed by atoms with Gasteiger partial charge in [-0.3, -0.25) is 10.2 Å². The molecule has 0 unspecified atom stereocenters. The van der Waals surface area contributed by atoms with Gasteiger partial charge < -0.3 is 10.5 Å². The number of hydrogen-bond donors (Lipinski definition) is 3. The van der Waals surface area contributed by atoms with Gasteiger partial charge in [0.15, 0.2) is 0 Å². The number of aromatic nitrogens is 2. The smallest absolute Gasteiger partial charge is 0.275 e. The van der Waals surface area contributed by atoms with Crippen LogP contribution in [0.15, 0.2) is 35.1 Å². The predicted octanol–water partition coefficient (Wildman–Crippen LogP) is 1.76. The van der Waals surface area contributed by atoms with Gasteiger partial charge in [-0.15, -0.1) is 0 Å². The Morgan fingerprint density at radius 3 is 2.86 bits per heavy atom. The second kappa shape index (κ2) is 6.21. The Bertz CT molecular complexity index is 707. The van der Waals surface area contributed by atoms with Crippen molar-refractivity contribution >= 4 is 5.84 Å². The number of nitrogens with two attached hydrogens (primary N) is 1. The van der Waals surface area contributed by atoms with Crippen molar-refractivity contribution in [3.05, 3.63) is 46.2 Å². The summed E-state index contributed by atoms with van der Waals surface area (Å²) in [5, 5.41) is 13.7. The lowest BCUT2D eigenvalue weighted by Crippen LogP contribution is -2.24. The lowest BCUT2D eigenvalue weighted by Gasteiger charge is -2.10. The summed E-state index contributed by atoms with van der Waals surface area (Å²) in [6, 6.07) is 8.91. The molecule has 1 heterocycles. The third-order valence-corrected chi connectivity index (χ3v) is 2.81. The van der Waals surface area contributed by atoms with E-state index in [9.17, 15) is 4.79 Å². The van der Waals surface area contributed by atoms with Crippen molar-refractivity contribution in [3.63, 3.8) is 0 Å². The van der Waals surface area contributed by atoms with E-state index in [-0.39, 0.29) is 11.4 Å². The second-order valence-electron chi connectivity index (χ2n) is 5.14. The zero-order chi connectivity index (χ0) is 15.4. The molecule has 0 saturated heterocycles. The van der Waals surface area contributed by atoms with E-state index in [1.807, 2.05) is 24.3 Å². The van der Waals surface area contributed by atoms with Crippen molar-refractivity contribution in [2.24, 2.45) is 11.7 Å². The molecule has 21 heavy (non-hydrogen) atoms. The maximum atomic E-state index is 11.5. The molecule has 0 amide bonds. The minimum Gasteiger partial charge on any atom is -0.493 e. The number of nitrogen functional groups attached to an aromatic ring is 1. The van der Waals surface area contributed by atoms with Gasteiger partial charge in [-0.25, -0.2) is 5.10 Å². The third-order valence-electron chi connectivity index (χ3n) is 2.81. The molecule has 6 heteroatoms. The topological polar surface area (TPSA) is 105 Å². The van der Waals surface area contributed by atoms with Crippen molar-refractivity contribution in [1.29, 1.82) is 5.41 Å². The molecule has 0 atom stereocenters. The monoisotopic (exact) mass is 286 g/mol. The van der Waals surface area contributed by atoms with E-state index in [2.05, 4.69) is 24.0 Å². The highest BCUT2D eigenvalue weighted by Crippen LogP contribution is 2.22. The average Bonchev–Trinajstić information content (AvgIpc) is 2.45. The van der Waals surface area contributed by atoms with Gasteiger partial charge in [-0.05, 0) is 24.1 Å². The van der Waals surface area contributed by atoms with Gasteiger partial charge in [-0.1, -0.05) is 26.0 Å². The largest absolute Gasteiger partial charge is 0.493 e. The van der Waals surface area contributed by atoms with Gasteiger partial charge in [0.25, 0.3) is 5.56 Å². The van der Waals surface area contributed by atoms with E-state index in [0.29, 0.717) is 18.2 Å². The van der Waals surface area contributed by atoms with Crippen LogP contribution < -0.4 is 16.0 Å². The van der Waals surface area contributed by atoms with E-state index >= 15 is 0 Å². The van der Waals surface area contributed by atoms with Crippen molar-refractivity contribution in [2.75, 3.05) is 6.61 Å². The molecule has 0 saturated carbocycles. The number of hydrogen-bond acceptors (Lipinski definition) is 4. The molecule has 6 nitrogen and oxygen atoms in total. The zero-order valence-electron chi connectivity index (χ0n) is 12.0. The van der Waals surface area contributed by atoms with Gasteiger partial charge in [0.1, 0.15) is 11.6 Å². The summed E-state index contributed by atoms with van der Waals surface area (Å²) in [5.41, 5.74) is 6.34. The molecule has 1 aromatic heterocycles. The van der Waals surface area contributed by atoms with Crippen LogP contribution in [0.3, 0.4) is 0 Å². The van der Waals surface area contributed by atoms with Crippen LogP contribution in [0.1, 0.15) is 19.4 Å². The predicted molar refractivity (Wildman–Crippen MR) is 81.6 cm³/mol. The van der Waals surface area contributed by atoms with Crippen LogP contribution in [0.2, 0.25) is 0 Å². The van der Waals surface area contributed by atoms with Gasteiger partial charge in [0.2, 0.25) is 0 Å². The second-order valence-corrected chi connectivity index (χ2v) is 5.14. The van der Waals surface area contributed by atoms with Crippen LogP contribution in [-0.2, 0) is 0 Å². The zero-order valence-corrected chi connectivity index (χ0v) is 12.0. The number of amidine groups is 1. The minimum atomic E-state index is -0.474. The number of nitrogens with one attached hydrogen (secondary N) is 2. The molecule has 0 fully saturated rings. The summed E-state index contributed by atoms with van der Waals surface area (Å²) in [7, 11) is 0. The van der Waals surface area contributed by atoms with Crippen LogP contribution in [-0.4, -0.2) is 22.6 Å². The van der Waals surface area contributed by atoms with Gasteiger partial charge in [0, 0.05) is 5.56 Å². The Hall–Kier alpha value is -2.63. The maximum absolute atomic E-state index is 11.5. The fourth-order valence-corrected chi connectivity index (χ4v) is 1.76. The first-order valence-electron chi connectivity index (χ1n) is 6.64. The molecule has 2 rings (SSSR count). The molecule has 0 aliphatic carbocycles. The van der Waals surface area contributed by atoms with Crippen molar-refractivity contribution < 1.29 is 4.74 Å². The fraction of sp³-hybridized carbons (Fsp3) is 0.267. The Morgan fingerprint density at radius 2 is 2.19 bits per heavy atom. The first-order valence-corrected chi connectivity index (χ1v) is 6.64. The Balaban J connectivity index is 2.34. The van der Waals surface area contributed by atoms with E-state index in [4.69, 9.17) is 15.9 Å². The molecule has 2 aromatic rings. The molecule has 0 aliphatic rings. The van der Waals surface area contributed by atoms with Crippen molar-refractivity contribution in [2.45, 2.75) is 13.8 Å². The van der Waals surface area contributed by atoms with Crippen LogP contribution in [0.25, 0.3) is 11.3 Å². The molecule has 0 bridgehead atoms. The SMILES string of the molecule is CC(C)COc1cccc(-c2cc(C(=N)N)c(=O)[nH]n2)c1. The summed E-state index contributed by atoms with van der Waals surface area (Å²) in [5.74, 6) is 0.884. The van der Waals surface area contributed by atoms with Crippen molar-refractivity contribution in [3.8, 4) is 17.0 Å². The molecular formula is C15H18N4O2. The highest BCUT2D eigenvalue weighted by molar-refractivity contribution is 5.95. The van der Waals surface area contributed by atoms with Crippen LogP contribution in [0.4, 0.5) is 0 Å². The number of benzene rings is 1.